The van der Waals surface area contributed by atoms with Gasteiger partial charge in [0.2, 0.25) is 0 Å². The van der Waals surface area contributed by atoms with E-state index in [4.69, 9.17) is 5.84 Å². The van der Waals surface area contributed by atoms with E-state index >= 15 is 0 Å². The molecule has 1 aromatic rings. The van der Waals surface area contributed by atoms with E-state index in [-0.39, 0.29) is 10.7 Å². The molecule has 0 unspecified atom stereocenters. The number of sulfonamides is 1. The number of hydrazine groups is 1. The summed E-state index contributed by atoms with van der Waals surface area (Å²) >= 11 is 0. The van der Waals surface area contributed by atoms with Crippen LogP contribution in [0, 0.1) is 0 Å². The van der Waals surface area contributed by atoms with Gasteiger partial charge in [0.15, 0.2) is 5.84 Å². The molecule has 1 aliphatic heterocycles. The normalized spacial score (nSPS) is 16.0. The van der Waals surface area contributed by atoms with E-state index in [1.807, 2.05) is 0 Å². The Balaban J connectivity index is 2.56. The van der Waals surface area contributed by atoms with Crippen molar-refractivity contribution in [1.82, 2.24) is 10.3 Å². The van der Waals surface area contributed by atoms with Crippen LogP contribution in [0.2, 0.25) is 0 Å². The predicted octanol–water partition coefficient (Wildman–Crippen LogP) is -0.349. The Labute approximate surface area is 98.0 Å². The lowest BCUT2D eigenvalue weighted by Gasteiger charge is -2.15. The van der Waals surface area contributed by atoms with E-state index in [9.17, 15) is 13.2 Å². The largest absolute Gasteiger partial charge is 0.340 e. The quantitative estimate of drug-likeness (QED) is 0.375. The van der Waals surface area contributed by atoms with E-state index in [1.165, 1.54) is 13.1 Å². The van der Waals surface area contributed by atoms with Gasteiger partial charge in [-0.15, -0.1) is 4.40 Å². The molecule has 0 spiro atoms. The fraction of sp³-hybridized carbons (Fsp3) is 0.111. The topological polar surface area (TPSA) is 105 Å². The number of nitrogens with zero attached hydrogens (tertiary/aromatic N) is 2. The molecule has 3 N–H and O–H groups in total. The van der Waals surface area contributed by atoms with Gasteiger partial charge in [0, 0.05) is 12.6 Å². The van der Waals surface area contributed by atoms with Gasteiger partial charge in [-0.05, 0) is 12.1 Å². The van der Waals surface area contributed by atoms with Gasteiger partial charge in [-0.2, -0.15) is 8.42 Å². The van der Waals surface area contributed by atoms with Crippen LogP contribution < -0.4 is 11.2 Å². The zero-order valence-corrected chi connectivity index (χ0v) is 9.73. The molecule has 17 heavy (non-hydrogen) atoms. The van der Waals surface area contributed by atoms with E-state index in [0.717, 1.165) is 0 Å². The second-order valence-corrected chi connectivity index (χ2v) is 4.88. The minimum absolute atomic E-state index is 0.0503. The fourth-order valence-corrected chi connectivity index (χ4v) is 2.68. The number of benzene rings is 1. The Morgan fingerprint density at radius 3 is 2.71 bits per heavy atom. The average Bonchev–Trinajstić information content (AvgIpc) is 2.60. The van der Waals surface area contributed by atoms with Crippen LogP contribution in [0.3, 0.4) is 0 Å². The average molecular weight is 254 g/mol. The summed E-state index contributed by atoms with van der Waals surface area (Å²) in [5, 5.41) is 2.96. The Morgan fingerprint density at radius 1 is 1.41 bits per heavy atom. The minimum atomic E-state index is -3.76. The number of nitrogens with two attached hydrogens (primary N) is 1. The van der Waals surface area contributed by atoms with Gasteiger partial charge in [-0.3, -0.25) is 0 Å². The highest BCUT2D eigenvalue weighted by Gasteiger charge is 2.32. The standard InChI is InChI=1S/C9H10N4O3S/c1-11-9(14)13(10)8-6-4-2-3-5-7(6)17(15,16)12-8/h2-5H,10H2,1H3,(H,11,14). The first-order valence-electron chi connectivity index (χ1n) is 4.68. The van der Waals surface area contributed by atoms with Crippen molar-refractivity contribution >= 4 is 21.9 Å². The molecule has 0 bridgehead atoms. The van der Waals surface area contributed by atoms with Gasteiger partial charge in [0.1, 0.15) is 4.90 Å². The van der Waals surface area contributed by atoms with Crippen LogP contribution in [0.25, 0.3) is 0 Å². The van der Waals surface area contributed by atoms with Crippen molar-refractivity contribution in [3.63, 3.8) is 0 Å². The van der Waals surface area contributed by atoms with Gasteiger partial charge in [-0.25, -0.2) is 15.6 Å². The Bertz CT molecular complexity index is 608. The van der Waals surface area contributed by atoms with Crippen LogP contribution in [-0.2, 0) is 10.0 Å². The smallest absolute Gasteiger partial charge is 0.337 e. The number of hydrogen-bond donors (Lipinski definition) is 2. The molecule has 1 aromatic carbocycles. The SMILES string of the molecule is CNC(=O)N(N)C1=NS(=O)(=O)c2ccccc21. The molecule has 0 saturated heterocycles. The molecular formula is C9H10N4O3S. The van der Waals surface area contributed by atoms with Crippen molar-refractivity contribution < 1.29 is 13.2 Å². The maximum absolute atomic E-state index is 11.7. The second-order valence-electron chi connectivity index (χ2n) is 3.31. The van der Waals surface area contributed by atoms with Crippen molar-refractivity contribution in [3.05, 3.63) is 29.8 Å². The van der Waals surface area contributed by atoms with Crippen LogP contribution in [-0.4, -0.2) is 32.3 Å². The molecule has 0 saturated carbocycles. The predicted molar refractivity (Wildman–Crippen MR) is 60.6 cm³/mol. The van der Waals surface area contributed by atoms with E-state index in [2.05, 4.69) is 9.71 Å². The highest BCUT2D eigenvalue weighted by molar-refractivity contribution is 7.90. The van der Waals surface area contributed by atoms with E-state index in [1.54, 1.807) is 18.2 Å². The van der Waals surface area contributed by atoms with Gasteiger partial charge in [0.25, 0.3) is 10.0 Å². The number of rotatable bonds is 0. The maximum Gasteiger partial charge on any atom is 0.337 e. The summed E-state index contributed by atoms with van der Waals surface area (Å²) in [6.07, 6.45) is 0. The van der Waals surface area contributed by atoms with Crippen molar-refractivity contribution in [2.45, 2.75) is 4.90 Å². The monoisotopic (exact) mass is 254 g/mol. The highest BCUT2D eigenvalue weighted by atomic mass is 32.2. The number of nitrogens with one attached hydrogen (secondary N) is 1. The summed E-state index contributed by atoms with van der Waals surface area (Å²) in [4.78, 5) is 11.4. The molecule has 0 fully saturated rings. The van der Waals surface area contributed by atoms with E-state index in [0.29, 0.717) is 10.6 Å². The summed E-state index contributed by atoms with van der Waals surface area (Å²) in [7, 11) is -2.37. The summed E-state index contributed by atoms with van der Waals surface area (Å²) in [6, 6.07) is 5.54. The van der Waals surface area contributed by atoms with Crippen LogP contribution in [0.5, 0.6) is 0 Å². The van der Waals surface area contributed by atoms with Gasteiger partial charge in [0.05, 0.1) is 0 Å². The third-order valence-electron chi connectivity index (χ3n) is 2.27. The molecule has 90 valence electrons. The van der Waals surface area contributed by atoms with E-state index < -0.39 is 16.1 Å². The Morgan fingerprint density at radius 2 is 2.06 bits per heavy atom. The van der Waals surface area contributed by atoms with Crippen LogP contribution in [0.15, 0.2) is 33.6 Å². The van der Waals surface area contributed by atoms with Crippen molar-refractivity contribution in [3.8, 4) is 0 Å². The lowest BCUT2D eigenvalue weighted by Crippen LogP contribution is -2.47. The molecule has 1 aliphatic rings. The fourth-order valence-electron chi connectivity index (χ4n) is 1.48. The third kappa shape index (κ3) is 1.77. The lowest BCUT2D eigenvalue weighted by atomic mass is 10.2. The molecule has 0 aromatic heterocycles. The molecule has 2 rings (SSSR count). The molecule has 2 amide bonds. The number of carbonyl (C=O) groups is 1. The minimum Gasteiger partial charge on any atom is -0.340 e. The van der Waals surface area contributed by atoms with Gasteiger partial charge < -0.3 is 5.32 Å². The Kier molecular flexibility index (Phi) is 2.60. The summed E-state index contributed by atoms with van der Waals surface area (Å²) in [5.41, 5.74) is 0.318. The van der Waals surface area contributed by atoms with Crippen molar-refractivity contribution in [2.75, 3.05) is 7.05 Å². The summed E-state index contributed by atoms with van der Waals surface area (Å²) in [6.45, 7) is 0. The number of amides is 2. The van der Waals surface area contributed by atoms with Crippen LogP contribution in [0.4, 0.5) is 4.79 Å². The molecule has 7 nitrogen and oxygen atoms in total. The molecule has 0 radical (unpaired) electrons. The van der Waals surface area contributed by atoms with Gasteiger partial charge in [-0.1, -0.05) is 12.1 Å². The number of carbonyl (C=O) groups excluding carboxylic acids is 1. The summed E-state index contributed by atoms with van der Waals surface area (Å²) in [5.74, 6) is 5.41. The third-order valence-corrected chi connectivity index (χ3v) is 3.60. The van der Waals surface area contributed by atoms with Crippen molar-refractivity contribution in [2.24, 2.45) is 10.2 Å². The van der Waals surface area contributed by atoms with Crippen LogP contribution in [0.1, 0.15) is 5.56 Å². The molecule has 0 aliphatic carbocycles. The first kappa shape index (κ1) is 11.6. The molecular weight excluding hydrogens is 244 g/mol. The number of amidine groups is 1. The first-order chi connectivity index (χ1) is 7.97. The Hall–Kier alpha value is -1.93. The molecule has 8 heteroatoms. The number of urea groups is 1. The van der Waals surface area contributed by atoms with Gasteiger partial charge >= 0.3 is 6.03 Å². The zero-order valence-electron chi connectivity index (χ0n) is 8.91. The zero-order chi connectivity index (χ0) is 12.6. The number of hydrogen-bond acceptors (Lipinski definition) is 4. The maximum atomic E-state index is 11.7. The highest BCUT2D eigenvalue weighted by Crippen LogP contribution is 2.26. The summed E-state index contributed by atoms with van der Waals surface area (Å²) < 4.78 is 26.8. The van der Waals surface area contributed by atoms with Crippen LogP contribution >= 0.6 is 0 Å². The lowest BCUT2D eigenvalue weighted by molar-refractivity contribution is 0.224. The number of fused-ring (bicyclic) bond motifs is 1. The molecule has 1 heterocycles. The first-order valence-corrected chi connectivity index (χ1v) is 6.12. The molecule has 0 atom stereocenters. The second kappa shape index (κ2) is 3.82. The van der Waals surface area contributed by atoms with Crippen molar-refractivity contribution in [1.29, 1.82) is 0 Å².